The largest absolute Gasteiger partial charge is 0.313 e. The highest BCUT2D eigenvalue weighted by molar-refractivity contribution is 6.00. The molecular weight excluding hydrogens is 152 g/mol. The number of amides is 1. The second kappa shape index (κ2) is 2.30. The molecule has 1 amide bonds. The first-order valence-electron chi connectivity index (χ1n) is 3.91. The van der Waals surface area contributed by atoms with Crippen LogP contribution in [0.25, 0.3) is 0 Å². The zero-order valence-electron chi connectivity index (χ0n) is 7.16. The fraction of sp³-hybridized carbons (Fsp3) is 0.333. The van der Waals surface area contributed by atoms with Crippen LogP contribution in [0.1, 0.15) is 11.4 Å². The van der Waals surface area contributed by atoms with Gasteiger partial charge in [0.2, 0.25) is 5.91 Å². The number of hydrogen-bond acceptors (Lipinski definition) is 2. The second-order valence-electron chi connectivity index (χ2n) is 3.05. The predicted octanol–water partition coefficient (Wildman–Crippen LogP) is 0.909. The van der Waals surface area contributed by atoms with Crippen LogP contribution in [0.2, 0.25) is 0 Å². The molecule has 1 aromatic heterocycles. The number of carbonyl (C=O) groups excluding carboxylic acids is 1. The fourth-order valence-corrected chi connectivity index (χ4v) is 1.43. The van der Waals surface area contributed by atoms with Gasteiger partial charge in [-0.2, -0.15) is 0 Å². The van der Waals surface area contributed by atoms with Gasteiger partial charge in [-0.25, -0.2) is 0 Å². The topological polar surface area (TPSA) is 33.2 Å². The Hall–Kier alpha value is -1.38. The third-order valence-electron chi connectivity index (χ3n) is 2.14. The molecule has 12 heavy (non-hydrogen) atoms. The zero-order valence-corrected chi connectivity index (χ0v) is 7.16. The monoisotopic (exact) mass is 162 g/mol. The van der Waals surface area contributed by atoms with E-state index in [1.807, 2.05) is 19.1 Å². The number of hydrogen-bond donors (Lipinski definition) is 0. The summed E-state index contributed by atoms with van der Waals surface area (Å²) in [5.41, 5.74) is 2.82. The molecule has 0 spiro atoms. The summed E-state index contributed by atoms with van der Waals surface area (Å²) in [6.07, 6.45) is 0.452. The SMILES string of the molecule is Cc1ccc2c(n1)CC(=O)N2C. The Bertz CT molecular complexity index is 346. The van der Waals surface area contributed by atoms with Crippen molar-refractivity contribution in [2.75, 3.05) is 11.9 Å². The van der Waals surface area contributed by atoms with Crippen molar-refractivity contribution in [2.45, 2.75) is 13.3 Å². The summed E-state index contributed by atoms with van der Waals surface area (Å²) < 4.78 is 0. The van der Waals surface area contributed by atoms with Crippen LogP contribution in [-0.2, 0) is 11.2 Å². The van der Waals surface area contributed by atoms with Gasteiger partial charge in [0.25, 0.3) is 0 Å². The summed E-state index contributed by atoms with van der Waals surface area (Å²) in [5, 5.41) is 0. The Morgan fingerprint density at radius 2 is 2.25 bits per heavy atom. The van der Waals surface area contributed by atoms with E-state index < -0.39 is 0 Å². The van der Waals surface area contributed by atoms with Gasteiger partial charge in [0, 0.05) is 12.7 Å². The van der Waals surface area contributed by atoms with E-state index in [-0.39, 0.29) is 5.91 Å². The summed E-state index contributed by atoms with van der Waals surface area (Å²) >= 11 is 0. The first-order valence-corrected chi connectivity index (χ1v) is 3.91. The van der Waals surface area contributed by atoms with Crippen LogP contribution < -0.4 is 4.90 Å². The van der Waals surface area contributed by atoms with E-state index in [1.165, 1.54) is 0 Å². The predicted molar refractivity (Wildman–Crippen MR) is 46.1 cm³/mol. The lowest BCUT2D eigenvalue weighted by Gasteiger charge is -2.08. The third kappa shape index (κ3) is 0.897. The smallest absolute Gasteiger partial charge is 0.232 e. The lowest BCUT2D eigenvalue weighted by Crippen LogP contribution is -2.20. The first-order chi connectivity index (χ1) is 5.68. The highest BCUT2D eigenvalue weighted by atomic mass is 16.2. The van der Waals surface area contributed by atoms with E-state index >= 15 is 0 Å². The van der Waals surface area contributed by atoms with Gasteiger partial charge in [0.15, 0.2) is 0 Å². The third-order valence-corrected chi connectivity index (χ3v) is 2.14. The average Bonchev–Trinajstić information content (AvgIpc) is 2.28. The molecule has 0 aromatic carbocycles. The van der Waals surface area contributed by atoms with Crippen molar-refractivity contribution in [1.82, 2.24) is 4.98 Å². The Morgan fingerprint density at radius 3 is 3.00 bits per heavy atom. The van der Waals surface area contributed by atoms with Gasteiger partial charge in [-0.3, -0.25) is 9.78 Å². The number of aryl methyl sites for hydroxylation is 1. The van der Waals surface area contributed by atoms with E-state index in [0.717, 1.165) is 17.1 Å². The fourth-order valence-electron chi connectivity index (χ4n) is 1.43. The lowest BCUT2D eigenvalue weighted by molar-refractivity contribution is -0.117. The van der Waals surface area contributed by atoms with E-state index in [2.05, 4.69) is 4.98 Å². The van der Waals surface area contributed by atoms with Gasteiger partial charge in [-0.1, -0.05) is 0 Å². The van der Waals surface area contributed by atoms with Crippen LogP contribution in [0.4, 0.5) is 5.69 Å². The molecule has 0 N–H and O–H groups in total. The molecule has 3 nitrogen and oxygen atoms in total. The molecule has 0 atom stereocenters. The molecule has 0 unspecified atom stereocenters. The summed E-state index contributed by atoms with van der Waals surface area (Å²) in [6.45, 7) is 1.93. The molecule has 0 aliphatic carbocycles. The number of aromatic nitrogens is 1. The van der Waals surface area contributed by atoms with Gasteiger partial charge < -0.3 is 4.90 Å². The van der Waals surface area contributed by atoms with Crippen molar-refractivity contribution < 1.29 is 4.79 Å². The Kier molecular flexibility index (Phi) is 1.40. The van der Waals surface area contributed by atoms with Gasteiger partial charge in [-0.15, -0.1) is 0 Å². The summed E-state index contributed by atoms with van der Waals surface area (Å²) in [6, 6.07) is 3.87. The standard InChI is InChI=1S/C9H10N2O/c1-6-3-4-8-7(10-6)5-9(12)11(8)2/h3-4H,5H2,1-2H3. The normalized spacial score (nSPS) is 15.2. The summed E-state index contributed by atoms with van der Waals surface area (Å²) in [4.78, 5) is 17.2. The maximum atomic E-state index is 11.2. The quantitative estimate of drug-likeness (QED) is 0.568. The van der Waals surface area contributed by atoms with Crippen molar-refractivity contribution >= 4 is 11.6 Å². The molecule has 2 heterocycles. The Balaban J connectivity index is 2.54. The lowest BCUT2D eigenvalue weighted by atomic mass is 10.2. The number of rotatable bonds is 0. The number of anilines is 1. The van der Waals surface area contributed by atoms with Gasteiger partial charge in [0.1, 0.15) is 0 Å². The highest BCUT2D eigenvalue weighted by Crippen LogP contribution is 2.25. The summed E-state index contributed by atoms with van der Waals surface area (Å²) in [5.74, 6) is 0.128. The van der Waals surface area contributed by atoms with Gasteiger partial charge in [0.05, 0.1) is 17.8 Å². The van der Waals surface area contributed by atoms with Crippen molar-refractivity contribution in [3.63, 3.8) is 0 Å². The van der Waals surface area contributed by atoms with Crippen molar-refractivity contribution in [3.8, 4) is 0 Å². The van der Waals surface area contributed by atoms with Crippen LogP contribution in [-0.4, -0.2) is 17.9 Å². The zero-order chi connectivity index (χ0) is 8.72. The molecule has 0 fully saturated rings. The molecule has 1 aliphatic rings. The van der Waals surface area contributed by atoms with Crippen LogP contribution >= 0.6 is 0 Å². The van der Waals surface area contributed by atoms with Gasteiger partial charge >= 0.3 is 0 Å². The molecule has 2 rings (SSSR count). The Morgan fingerprint density at radius 1 is 1.50 bits per heavy atom. The van der Waals surface area contributed by atoms with Crippen LogP contribution in [0.15, 0.2) is 12.1 Å². The van der Waals surface area contributed by atoms with Crippen LogP contribution in [0.3, 0.4) is 0 Å². The second-order valence-corrected chi connectivity index (χ2v) is 3.05. The average molecular weight is 162 g/mol. The van der Waals surface area contributed by atoms with E-state index in [4.69, 9.17) is 0 Å². The van der Waals surface area contributed by atoms with E-state index in [1.54, 1.807) is 11.9 Å². The minimum absolute atomic E-state index is 0.128. The van der Waals surface area contributed by atoms with E-state index in [0.29, 0.717) is 6.42 Å². The van der Waals surface area contributed by atoms with E-state index in [9.17, 15) is 4.79 Å². The number of fused-ring (bicyclic) bond motifs is 1. The molecule has 3 heteroatoms. The highest BCUT2D eigenvalue weighted by Gasteiger charge is 2.24. The first kappa shape index (κ1) is 7.28. The molecule has 0 saturated heterocycles. The number of likely N-dealkylation sites (N-methyl/N-ethyl adjacent to an activating group) is 1. The van der Waals surface area contributed by atoms with Crippen molar-refractivity contribution in [1.29, 1.82) is 0 Å². The summed E-state index contributed by atoms with van der Waals surface area (Å²) in [7, 11) is 1.78. The maximum Gasteiger partial charge on any atom is 0.232 e. The number of carbonyl (C=O) groups is 1. The van der Waals surface area contributed by atoms with Crippen molar-refractivity contribution in [3.05, 3.63) is 23.5 Å². The van der Waals surface area contributed by atoms with Crippen LogP contribution in [0, 0.1) is 6.92 Å². The van der Waals surface area contributed by atoms with Crippen molar-refractivity contribution in [2.24, 2.45) is 0 Å². The number of nitrogens with zero attached hydrogens (tertiary/aromatic N) is 2. The molecule has 62 valence electrons. The van der Waals surface area contributed by atoms with Gasteiger partial charge in [-0.05, 0) is 19.1 Å². The molecule has 1 aliphatic heterocycles. The molecule has 0 bridgehead atoms. The minimum Gasteiger partial charge on any atom is -0.313 e. The minimum atomic E-state index is 0.128. The van der Waals surface area contributed by atoms with Crippen LogP contribution in [0.5, 0.6) is 0 Å². The molecule has 1 aromatic rings. The molecular formula is C9H10N2O. The molecule has 0 saturated carbocycles. The Labute approximate surface area is 71.0 Å². The maximum absolute atomic E-state index is 11.2. The molecule has 0 radical (unpaired) electrons. The number of pyridine rings is 1.